The summed E-state index contributed by atoms with van der Waals surface area (Å²) in [7, 11) is 1.67. The summed E-state index contributed by atoms with van der Waals surface area (Å²) >= 11 is 17.8. The van der Waals surface area contributed by atoms with Crippen LogP contribution in [0.1, 0.15) is 12.0 Å². The van der Waals surface area contributed by atoms with Gasteiger partial charge in [-0.05, 0) is 18.0 Å². The van der Waals surface area contributed by atoms with Gasteiger partial charge in [-0.1, -0.05) is 48.5 Å². The van der Waals surface area contributed by atoms with Crippen molar-refractivity contribution in [2.75, 3.05) is 13.7 Å². The van der Waals surface area contributed by atoms with E-state index in [1.165, 1.54) is 0 Å². The average molecular weight is 390 g/mol. The third-order valence-electron chi connectivity index (χ3n) is 3.33. The van der Waals surface area contributed by atoms with Crippen molar-refractivity contribution in [1.29, 1.82) is 0 Å². The molecule has 0 aromatic heterocycles. The number of ether oxygens (including phenoxy) is 2. The molecule has 0 heterocycles. The van der Waals surface area contributed by atoms with Crippen LogP contribution >= 0.6 is 33.2 Å². The number of para-hydroxylation sites is 1. The first-order valence-corrected chi connectivity index (χ1v) is 12.6. The smallest absolute Gasteiger partial charge is 0.341 e. The zero-order chi connectivity index (χ0) is 16.7. The zero-order valence-corrected chi connectivity index (χ0v) is 16.2. The van der Waals surface area contributed by atoms with Gasteiger partial charge in [0, 0.05) is 18.2 Å². The minimum Gasteiger partial charge on any atom is -0.493 e. The van der Waals surface area contributed by atoms with E-state index in [0.717, 1.165) is 28.9 Å². The van der Waals surface area contributed by atoms with Crippen molar-refractivity contribution < 1.29 is 9.47 Å². The molecule has 0 N–H and O–H groups in total. The lowest BCUT2D eigenvalue weighted by Crippen LogP contribution is -2.11. The zero-order valence-electron chi connectivity index (χ0n) is 12.9. The highest BCUT2D eigenvalue weighted by Gasteiger charge is 2.24. The molecule has 2 nitrogen and oxygen atoms in total. The van der Waals surface area contributed by atoms with E-state index in [4.69, 9.17) is 42.7 Å². The number of rotatable bonds is 8. The van der Waals surface area contributed by atoms with Crippen LogP contribution < -0.4 is 4.74 Å². The molecule has 0 bridgehead atoms. The maximum absolute atomic E-state index is 6.04. The second-order valence-electron chi connectivity index (χ2n) is 5.16. The molecule has 0 aliphatic heterocycles. The van der Waals surface area contributed by atoms with E-state index in [1.807, 2.05) is 36.4 Å². The summed E-state index contributed by atoms with van der Waals surface area (Å²) in [6, 6.07) is 14.2. The van der Waals surface area contributed by atoms with Crippen LogP contribution in [0.5, 0.6) is 5.75 Å². The summed E-state index contributed by atoms with van der Waals surface area (Å²) in [5.74, 6) is 0.839. The van der Waals surface area contributed by atoms with E-state index < -0.39 is 6.00 Å². The average Bonchev–Trinajstić information content (AvgIpc) is 2.52. The SMILES string of the molecule is COCc1cccc(-c2ccccc2)c1OCCC[Si](Cl)(Cl)Cl. The Morgan fingerprint density at radius 2 is 1.70 bits per heavy atom. The molecule has 2 rings (SSSR count). The van der Waals surface area contributed by atoms with Crippen LogP contribution in [-0.2, 0) is 11.3 Å². The normalized spacial score (nSPS) is 11.5. The highest BCUT2D eigenvalue weighted by Crippen LogP contribution is 2.34. The third-order valence-corrected chi connectivity index (χ3v) is 5.95. The molecule has 0 fully saturated rings. The second kappa shape index (κ2) is 8.95. The fourth-order valence-corrected chi connectivity index (χ4v) is 4.06. The summed E-state index contributed by atoms with van der Waals surface area (Å²) in [6.07, 6.45) is 0.721. The molecule has 0 aliphatic carbocycles. The topological polar surface area (TPSA) is 18.5 Å². The van der Waals surface area contributed by atoms with E-state index >= 15 is 0 Å². The van der Waals surface area contributed by atoms with E-state index in [1.54, 1.807) is 7.11 Å². The standard InChI is InChI=1S/C17H19Cl3O2Si/c1-21-13-15-9-5-10-16(14-7-3-2-4-8-14)17(15)22-11-6-12-23(18,19)20/h2-5,7-10H,6,11-13H2,1H3. The lowest BCUT2D eigenvalue weighted by Gasteiger charge is -2.16. The number of hydrogen-bond donors (Lipinski definition) is 0. The molecule has 0 saturated carbocycles. The predicted molar refractivity (Wildman–Crippen MR) is 101 cm³/mol. The van der Waals surface area contributed by atoms with Crippen LogP contribution in [0.2, 0.25) is 6.04 Å². The Bertz CT molecular complexity index is 615. The maximum atomic E-state index is 6.04. The lowest BCUT2D eigenvalue weighted by atomic mass is 10.0. The lowest BCUT2D eigenvalue weighted by molar-refractivity contribution is 0.180. The molecular weight excluding hydrogens is 371 g/mol. The molecular formula is C17H19Cl3O2Si. The minimum atomic E-state index is -2.59. The van der Waals surface area contributed by atoms with Gasteiger partial charge in [0.25, 0.3) is 0 Å². The Kier molecular flexibility index (Phi) is 7.25. The Balaban J connectivity index is 2.20. The van der Waals surface area contributed by atoms with Crippen molar-refractivity contribution in [1.82, 2.24) is 0 Å². The Morgan fingerprint density at radius 1 is 0.957 bits per heavy atom. The molecule has 0 atom stereocenters. The van der Waals surface area contributed by atoms with Gasteiger partial charge in [-0.2, -0.15) is 0 Å². The first-order valence-electron chi connectivity index (χ1n) is 7.37. The van der Waals surface area contributed by atoms with Gasteiger partial charge in [0.2, 0.25) is 0 Å². The fraction of sp³-hybridized carbons (Fsp3) is 0.294. The Morgan fingerprint density at radius 3 is 2.35 bits per heavy atom. The number of halogens is 3. The van der Waals surface area contributed by atoms with E-state index in [0.29, 0.717) is 19.3 Å². The number of benzene rings is 2. The summed E-state index contributed by atoms with van der Waals surface area (Å²) < 4.78 is 11.3. The monoisotopic (exact) mass is 388 g/mol. The Labute approximate surface area is 152 Å². The van der Waals surface area contributed by atoms with Crippen LogP contribution in [0.25, 0.3) is 11.1 Å². The largest absolute Gasteiger partial charge is 0.493 e. The highest BCUT2D eigenvalue weighted by atomic mass is 35.8. The van der Waals surface area contributed by atoms with Crippen LogP contribution in [0, 0.1) is 0 Å². The van der Waals surface area contributed by atoms with Gasteiger partial charge in [0.15, 0.2) is 0 Å². The fourth-order valence-electron chi connectivity index (χ4n) is 2.32. The molecule has 0 saturated heterocycles. The van der Waals surface area contributed by atoms with E-state index in [2.05, 4.69) is 12.1 Å². The molecule has 0 amide bonds. The van der Waals surface area contributed by atoms with Crippen molar-refractivity contribution in [2.45, 2.75) is 19.1 Å². The first kappa shape index (κ1) is 18.6. The van der Waals surface area contributed by atoms with E-state index in [9.17, 15) is 0 Å². The van der Waals surface area contributed by atoms with Crippen LogP contribution in [-0.4, -0.2) is 19.7 Å². The third kappa shape index (κ3) is 6.01. The number of methoxy groups -OCH3 is 1. The molecule has 0 radical (unpaired) electrons. The van der Waals surface area contributed by atoms with Gasteiger partial charge in [0.1, 0.15) is 5.75 Å². The van der Waals surface area contributed by atoms with Crippen molar-refractivity contribution >= 4 is 39.2 Å². The van der Waals surface area contributed by atoms with Gasteiger partial charge in [-0.3, -0.25) is 0 Å². The number of hydrogen-bond acceptors (Lipinski definition) is 2. The van der Waals surface area contributed by atoms with Gasteiger partial charge in [0.05, 0.1) is 13.2 Å². The summed E-state index contributed by atoms with van der Waals surface area (Å²) in [5.41, 5.74) is 3.17. The predicted octanol–water partition coefficient (Wildman–Crippen LogP) is 5.92. The summed E-state index contributed by atoms with van der Waals surface area (Å²) in [5, 5.41) is 0. The molecule has 2 aromatic carbocycles. The van der Waals surface area contributed by atoms with Crippen molar-refractivity contribution in [3.8, 4) is 16.9 Å². The van der Waals surface area contributed by atoms with Crippen LogP contribution in [0.4, 0.5) is 0 Å². The van der Waals surface area contributed by atoms with Gasteiger partial charge in [-0.15, -0.1) is 33.2 Å². The second-order valence-corrected chi connectivity index (χ2v) is 14.4. The van der Waals surface area contributed by atoms with Crippen molar-refractivity contribution in [2.24, 2.45) is 0 Å². The van der Waals surface area contributed by atoms with Gasteiger partial charge in [-0.25, -0.2) is 0 Å². The summed E-state index contributed by atoms with van der Waals surface area (Å²) in [6.45, 7) is 1.01. The molecule has 6 heteroatoms. The molecule has 0 unspecified atom stereocenters. The van der Waals surface area contributed by atoms with Gasteiger partial charge < -0.3 is 9.47 Å². The van der Waals surface area contributed by atoms with Crippen molar-refractivity contribution in [3.05, 3.63) is 54.1 Å². The highest BCUT2D eigenvalue weighted by molar-refractivity contribution is 7.64. The van der Waals surface area contributed by atoms with Gasteiger partial charge >= 0.3 is 6.00 Å². The molecule has 0 spiro atoms. The van der Waals surface area contributed by atoms with E-state index in [-0.39, 0.29) is 0 Å². The molecule has 0 aliphatic rings. The van der Waals surface area contributed by atoms with Crippen molar-refractivity contribution in [3.63, 3.8) is 0 Å². The molecule has 23 heavy (non-hydrogen) atoms. The summed E-state index contributed by atoms with van der Waals surface area (Å²) in [4.78, 5) is 0. The Hall–Kier alpha value is -0.713. The van der Waals surface area contributed by atoms with Crippen LogP contribution in [0.3, 0.4) is 0 Å². The minimum absolute atomic E-state index is 0.495. The first-order chi connectivity index (χ1) is 11.0. The quantitative estimate of drug-likeness (QED) is 0.317. The molecule has 124 valence electrons. The maximum Gasteiger partial charge on any atom is 0.341 e. The molecule has 2 aromatic rings. The van der Waals surface area contributed by atoms with Crippen LogP contribution in [0.15, 0.2) is 48.5 Å².